The number of hydrogen-bond donors (Lipinski definition) is 1. The van der Waals surface area contributed by atoms with Crippen molar-refractivity contribution in [3.8, 4) is 0 Å². The Balaban J connectivity index is 2.64. The van der Waals surface area contributed by atoms with Gasteiger partial charge < -0.3 is 14.4 Å². The molecule has 0 unspecified atom stereocenters. The van der Waals surface area contributed by atoms with Crippen molar-refractivity contribution in [2.24, 2.45) is 0 Å². The molecule has 1 aromatic rings. The fourth-order valence-corrected chi connectivity index (χ4v) is 1.29. The Labute approximate surface area is 79.0 Å². The van der Waals surface area contributed by atoms with Crippen molar-refractivity contribution < 1.29 is 9.52 Å². The molecule has 0 aliphatic rings. The number of rotatable bonds is 3. The largest absolute Gasteiger partial charge is 0.446 e. The molecule has 1 aromatic heterocycles. The second-order valence-electron chi connectivity index (χ2n) is 4.05. The Hall–Kier alpha value is -0.960. The molecule has 0 atom stereocenters. The number of nitrogens with zero attached hydrogens (tertiary/aromatic N) is 1. The van der Waals surface area contributed by atoms with Crippen molar-refractivity contribution in [1.82, 2.24) is 0 Å². The molecule has 0 aliphatic heterocycles. The molecule has 0 aliphatic carbocycles. The number of likely N-dealkylation sites (N-methyl/N-ethyl adjacent to an activating group) is 1. The highest BCUT2D eigenvalue weighted by molar-refractivity contribution is 5.35. The van der Waals surface area contributed by atoms with Gasteiger partial charge in [0.1, 0.15) is 5.76 Å². The Bertz CT molecular complexity index is 273. The first-order chi connectivity index (χ1) is 5.88. The summed E-state index contributed by atoms with van der Waals surface area (Å²) in [7, 11) is 1.90. The van der Waals surface area contributed by atoms with E-state index in [9.17, 15) is 5.11 Å². The number of aryl methyl sites for hydroxylation is 1. The van der Waals surface area contributed by atoms with E-state index in [1.165, 1.54) is 0 Å². The van der Waals surface area contributed by atoms with Crippen LogP contribution in [-0.4, -0.2) is 24.3 Å². The quantitative estimate of drug-likeness (QED) is 0.776. The number of furan rings is 1. The normalized spacial score (nSPS) is 11.8. The van der Waals surface area contributed by atoms with Crippen LogP contribution in [0.15, 0.2) is 16.5 Å². The number of aliphatic hydroxyl groups is 1. The van der Waals surface area contributed by atoms with Crippen molar-refractivity contribution in [1.29, 1.82) is 0 Å². The third-order valence-corrected chi connectivity index (χ3v) is 1.73. The Morgan fingerprint density at radius 1 is 1.46 bits per heavy atom. The van der Waals surface area contributed by atoms with Gasteiger partial charge in [-0.1, -0.05) is 0 Å². The molecule has 0 saturated carbocycles. The Kier molecular flexibility index (Phi) is 2.66. The fourth-order valence-electron chi connectivity index (χ4n) is 1.29. The zero-order valence-electron chi connectivity index (χ0n) is 8.66. The van der Waals surface area contributed by atoms with Gasteiger partial charge in [0.15, 0.2) is 5.88 Å². The van der Waals surface area contributed by atoms with E-state index >= 15 is 0 Å². The molecule has 74 valence electrons. The highest BCUT2D eigenvalue weighted by Crippen LogP contribution is 2.18. The van der Waals surface area contributed by atoms with Crippen molar-refractivity contribution >= 4 is 5.88 Å². The van der Waals surface area contributed by atoms with E-state index in [0.29, 0.717) is 6.54 Å². The van der Waals surface area contributed by atoms with Gasteiger partial charge in [-0.2, -0.15) is 0 Å². The average Bonchev–Trinajstić information content (AvgIpc) is 2.31. The summed E-state index contributed by atoms with van der Waals surface area (Å²) in [5.41, 5.74) is -0.699. The maximum atomic E-state index is 9.57. The molecular weight excluding hydrogens is 166 g/mol. The average molecular weight is 183 g/mol. The van der Waals surface area contributed by atoms with Gasteiger partial charge in [-0.25, -0.2) is 0 Å². The molecule has 0 radical (unpaired) electrons. The second-order valence-corrected chi connectivity index (χ2v) is 4.05. The highest BCUT2D eigenvalue weighted by atomic mass is 16.4. The lowest BCUT2D eigenvalue weighted by atomic mass is 10.1. The van der Waals surface area contributed by atoms with Crippen LogP contribution in [0.2, 0.25) is 0 Å². The molecule has 3 heteroatoms. The van der Waals surface area contributed by atoms with Crippen LogP contribution in [0.4, 0.5) is 5.88 Å². The molecular formula is C10H17NO2. The lowest BCUT2D eigenvalue weighted by Gasteiger charge is -2.24. The Morgan fingerprint density at radius 3 is 2.46 bits per heavy atom. The Morgan fingerprint density at radius 2 is 2.08 bits per heavy atom. The number of hydrogen-bond acceptors (Lipinski definition) is 3. The molecule has 1 heterocycles. The van der Waals surface area contributed by atoms with Crippen LogP contribution in [0.25, 0.3) is 0 Å². The van der Waals surface area contributed by atoms with Crippen LogP contribution in [0, 0.1) is 6.92 Å². The van der Waals surface area contributed by atoms with E-state index in [4.69, 9.17) is 4.42 Å². The highest BCUT2D eigenvalue weighted by Gasteiger charge is 2.17. The van der Waals surface area contributed by atoms with Gasteiger partial charge in [0.2, 0.25) is 0 Å². The first kappa shape index (κ1) is 10.1. The van der Waals surface area contributed by atoms with Crippen molar-refractivity contribution in [2.45, 2.75) is 26.4 Å². The van der Waals surface area contributed by atoms with Gasteiger partial charge in [-0.3, -0.25) is 0 Å². The zero-order valence-corrected chi connectivity index (χ0v) is 8.66. The molecule has 0 bridgehead atoms. The van der Waals surface area contributed by atoms with Crippen molar-refractivity contribution in [3.63, 3.8) is 0 Å². The van der Waals surface area contributed by atoms with E-state index in [0.717, 1.165) is 11.6 Å². The molecule has 0 fully saturated rings. The van der Waals surface area contributed by atoms with Gasteiger partial charge in [-0.15, -0.1) is 0 Å². The minimum Gasteiger partial charge on any atom is -0.446 e. The topological polar surface area (TPSA) is 36.6 Å². The predicted octanol–water partition coefficient (Wildman–Crippen LogP) is 1.80. The van der Waals surface area contributed by atoms with Crippen molar-refractivity contribution in [2.75, 3.05) is 18.5 Å². The van der Waals surface area contributed by atoms with Crippen LogP contribution in [0.5, 0.6) is 0 Å². The maximum absolute atomic E-state index is 9.57. The summed E-state index contributed by atoms with van der Waals surface area (Å²) in [5.74, 6) is 1.68. The maximum Gasteiger partial charge on any atom is 0.195 e. The molecule has 13 heavy (non-hydrogen) atoms. The van der Waals surface area contributed by atoms with Gasteiger partial charge in [0.25, 0.3) is 0 Å². The lowest BCUT2D eigenvalue weighted by Crippen LogP contribution is -2.36. The first-order valence-electron chi connectivity index (χ1n) is 4.38. The predicted molar refractivity (Wildman–Crippen MR) is 53.0 cm³/mol. The molecule has 3 nitrogen and oxygen atoms in total. The third kappa shape index (κ3) is 3.11. The molecule has 1 rings (SSSR count). The minimum absolute atomic E-state index is 0.556. The van der Waals surface area contributed by atoms with E-state index in [1.807, 2.05) is 31.0 Å². The lowest BCUT2D eigenvalue weighted by molar-refractivity contribution is 0.0877. The summed E-state index contributed by atoms with van der Waals surface area (Å²) in [6.45, 7) is 6.01. The summed E-state index contributed by atoms with van der Waals surface area (Å²) >= 11 is 0. The van der Waals surface area contributed by atoms with Crippen LogP contribution in [-0.2, 0) is 0 Å². The van der Waals surface area contributed by atoms with Gasteiger partial charge >= 0.3 is 0 Å². The summed E-state index contributed by atoms with van der Waals surface area (Å²) in [5, 5.41) is 9.57. The van der Waals surface area contributed by atoms with E-state index in [-0.39, 0.29) is 0 Å². The summed E-state index contributed by atoms with van der Waals surface area (Å²) in [6, 6.07) is 3.82. The minimum atomic E-state index is -0.699. The van der Waals surface area contributed by atoms with E-state index in [2.05, 4.69) is 0 Å². The van der Waals surface area contributed by atoms with Crippen LogP contribution in [0.3, 0.4) is 0 Å². The second kappa shape index (κ2) is 3.42. The molecule has 0 saturated heterocycles. The zero-order chi connectivity index (χ0) is 10.1. The molecule has 1 N–H and O–H groups in total. The van der Waals surface area contributed by atoms with Crippen LogP contribution >= 0.6 is 0 Å². The van der Waals surface area contributed by atoms with Crippen LogP contribution in [0.1, 0.15) is 19.6 Å². The standard InChI is InChI=1S/C10H17NO2/c1-8-5-6-9(13-8)11(4)7-10(2,3)12/h5-6,12H,7H2,1-4H3. The van der Waals surface area contributed by atoms with Gasteiger partial charge in [0, 0.05) is 19.7 Å². The fraction of sp³-hybridized carbons (Fsp3) is 0.600. The molecule has 0 aromatic carbocycles. The van der Waals surface area contributed by atoms with Crippen LogP contribution < -0.4 is 4.90 Å². The summed E-state index contributed by atoms with van der Waals surface area (Å²) in [4.78, 5) is 1.90. The molecule has 0 spiro atoms. The van der Waals surface area contributed by atoms with Crippen molar-refractivity contribution in [3.05, 3.63) is 17.9 Å². The van der Waals surface area contributed by atoms with E-state index in [1.54, 1.807) is 13.8 Å². The van der Waals surface area contributed by atoms with Gasteiger partial charge in [0.05, 0.1) is 5.60 Å². The first-order valence-corrected chi connectivity index (χ1v) is 4.38. The smallest absolute Gasteiger partial charge is 0.195 e. The monoisotopic (exact) mass is 183 g/mol. The van der Waals surface area contributed by atoms with Gasteiger partial charge in [-0.05, 0) is 26.8 Å². The SMILES string of the molecule is Cc1ccc(N(C)CC(C)(C)O)o1. The summed E-state index contributed by atoms with van der Waals surface area (Å²) < 4.78 is 5.41. The molecule has 0 amide bonds. The number of anilines is 1. The third-order valence-electron chi connectivity index (χ3n) is 1.73. The van der Waals surface area contributed by atoms with E-state index < -0.39 is 5.60 Å². The summed E-state index contributed by atoms with van der Waals surface area (Å²) in [6.07, 6.45) is 0.